The number of nitrogen functional groups attached to an aromatic ring is 1. The van der Waals surface area contributed by atoms with Gasteiger partial charge in [0.2, 0.25) is 0 Å². The summed E-state index contributed by atoms with van der Waals surface area (Å²) in [5.74, 6) is 0.980. The SMILES string of the molecule is CN1CCN(C)C(Cc2ncc(C#N)c(N)n2)C1. The third kappa shape index (κ3) is 2.75. The van der Waals surface area contributed by atoms with Gasteiger partial charge in [-0.1, -0.05) is 0 Å². The molecule has 2 rings (SSSR count). The maximum atomic E-state index is 8.78. The van der Waals surface area contributed by atoms with Crippen molar-refractivity contribution in [3.63, 3.8) is 0 Å². The topological polar surface area (TPSA) is 82.1 Å². The smallest absolute Gasteiger partial charge is 0.145 e. The lowest BCUT2D eigenvalue weighted by Gasteiger charge is -2.37. The molecule has 96 valence electrons. The number of anilines is 1. The van der Waals surface area contributed by atoms with Crippen LogP contribution in [0.15, 0.2) is 6.20 Å². The highest BCUT2D eigenvalue weighted by molar-refractivity contribution is 5.46. The molecule has 1 saturated heterocycles. The van der Waals surface area contributed by atoms with Gasteiger partial charge in [0.1, 0.15) is 23.3 Å². The molecule has 1 aliphatic rings. The van der Waals surface area contributed by atoms with E-state index in [0.717, 1.165) is 26.1 Å². The highest BCUT2D eigenvalue weighted by Gasteiger charge is 2.23. The molecular formula is C12H18N6. The quantitative estimate of drug-likeness (QED) is 0.773. The third-order valence-electron chi connectivity index (χ3n) is 3.39. The fourth-order valence-electron chi connectivity index (χ4n) is 2.15. The van der Waals surface area contributed by atoms with E-state index in [-0.39, 0.29) is 5.82 Å². The van der Waals surface area contributed by atoms with Gasteiger partial charge in [-0.25, -0.2) is 9.97 Å². The summed E-state index contributed by atoms with van der Waals surface area (Å²) in [6.07, 6.45) is 2.26. The number of likely N-dealkylation sites (N-methyl/N-ethyl adjacent to an activating group) is 2. The first-order chi connectivity index (χ1) is 8.60. The molecule has 1 aromatic rings. The van der Waals surface area contributed by atoms with Crippen LogP contribution in [0.3, 0.4) is 0 Å². The average Bonchev–Trinajstić information content (AvgIpc) is 2.34. The van der Waals surface area contributed by atoms with Crippen molar-refractivity contribution in [2.24, 2.45) is 0 Å². The van der Waals surface area contributed by atoms with Gasteiger partial charge in [-0.05, 0) is 14.1 Å². The Morgan fingerprint density at radius 2 is 2.28 bits per heavy atom. The summed E-state index contributed by atoms with van der Waals surface area (Å²) in [6.45, 7) is 3.13. The molecule has 1 atom stereocenters. The third-order valence-corrected chi connectivity index (χ3v) is 3.39. The van der Waals surface area contributed by atoms with Gasteiger partial charge < -0.3 is 15.5 Å². The second-order valence-corrected chi connectivity index (χ2v) is 4.80. The highest BCUT2D eigenvalue weighted by atomic mass is 15.3. The molecule has 0 saturated carbocycles. The van der Waals surface area contributed by atoms with Crippen molar-refractivity contribution in [2.45, 2.75) is 12.5 Å². The fraction of sp³-hybridized carbons (Fsp3) is 0.583. The zero-order chi connectivity index (χ0) is 13.1. The molecule has 0 radical (unpaired) electrons. The van der Waals surface area contributed by atoms with E-state index >= 15 is 0 Å². The monoisotopic (exact) mass is 246 g/mol. The number of nitrogens with zero attached hydrogens (tertiary/aromatic N) is 5. The van der Waals surface area contributed by atoms with Gasteiger partial charge >= 0.3 is 0 Å². The van der Waals surface area contributed by atoms with E-state index in [0.29, 0.717) is 17.4 Å². The molecule has 0 aromatic carbocycles. The van der Waals surface area contributed by atoms with Gasteiger partial charge in [0.15, 0.2) is 0 Å². The minimum absolute atomic E-state index is 0.273. The molecule has 0 bridgehead atoms. The zero-order valence-electron chi connectivity index (χ0n) is 10.8. The first-order valence-corrected chi connectivity index (χ1v) is 6.00. The Morgan fingerprint density at radius 3 is 2.94 bits per heavy atom. The molecule has 1 aromatic heterocycles. The molecule has 0 aliphatic carbocycles. The average molecular weight is 246 g/mol. The molecule has 6 nitrogen and oxygen atoms in total. The Balaban J connectivity index is 2.09. The van der Waals surface area contributed by atoms with Crippen molar-refractivity contribution in [2.75, 3.05) is 39.5 Å². The van der Waals surface area contributed by atoms with Crippen LogP contribution in [0.5, 0.6) is 0 Å². The van der Waals surface area contributed by atoms with Crippen LogP contribution in [-0.4, -0.2) is 59.5 Å². The Kier molecular flexibility index (Phi) is 3.75. The lowest BCUT2D eigenvalue weighted by atomic mass is 10.1. The van der Waals surface area contributed by atoms with Gasteiger partial charge in [0.05, 0.1) is 6.20 Å². The van der Waals surface area contributed by atoms with Crippen LogP contribution in [0, 0.1) is 11.3 Å². The summed E-state index contributed by atoms with van der Waals surface area (Å²) in [7, 11) is 4.23. The minimum Gasteiger partial charge on any atom is -0.382 e. The van der Waals surface area contributed by atoms with Crippen molar-refractivity contribution in [1.82, 2.24) is 19.8 Å². The van der Waals surface area contributed by atoms with Gasteiger partial charge in [0.25, 0.3) is 0 Å². The lowest BCUT2D eigenvalue weighted by Crippen LogP contribution is -2.50. The van der Waals surface area contributed by atoms with Gasteiger partial charge in [0, 0.05) is 32.1 Å². The number of rotatable bonds is 2. The number of hydrogen-bond acceptors (Lipinski definition) is 6. The molecule has 2 N–H and O–H groups in total. The Bertz CT molecular complexity index is 466. The molecule has 18 heavy (non-hydrogen) atoms. The number of nitriles is 1. The van der Waals surface area contributed by atoms with Crippen molar-refractivity contribution in [3.05, 3.63) is 17.6 Å². The number of hydrogen-bond donors (Lipinski definition) is 1. The molecule has 0 amide bonds. The second kappa shape index (κ2) is 5.29. The maximum absolute atomic E-state index is 8.78. The van der Waals surface area contributed by atoms with Crippen molar-refractivity contribution in [3.8, 4) is 6.07 Å². The summed E-state index contributed by atoms with van der Waals surface area (Å²) in [5, 5.41) is 8.78. The second-order valence-electron chi connectivity index (χ2n) is 4.80. The summed E-state index contributed by atoms with van der Waals surface area (Å²) in [5.41, 5.74) is 6.04. The molecule has 1 unspecified atom stereocenters. The Morgan fingerprint density at radius 1 is 1.50 bits per heavy atom. The summed E-state index contributed by atoms with van der Waals surface area (Å²) in [6, 6.07) is 2.37. The van der Waals surface area contributed by atoms with Crippen LogP contribution in [-0.2, 0) is 6.42 Å². The fourth-order valence-corrected chi connectivity index (χ4v) is 2.15. The summed E-state index contributed by atoms with van der Waals surface area (Å²) >= 11 is 0. The molecule has 2 heterocycles. The van der Waals surface area contributed by atoms with Crippen LogP contribution >= 0.6 is 0 Å². The standard InChI is InChI=1S/C12H18N6/c1-17-3-4-18(2)10(8-17)5-11-15-7-9(6-13)12(14)16-11/h7,10H,3-5,8H2,1-2H3,(H2,14,15,16). The van der Waals surface area contributed by atoms with E-state index in [9.17, 15) is 0 Å². The number of piperazine rings is 1. The van der Waals surface area contributed by atoms with E-state index in [1.807, 2.05) is 6.07 Å². The van der Waals surface area contributed by atoms with Gasteiger partial charge in [-0.15, -0.1) is 0 Å². The molecule has 1 aliphatic heterocycles. The Labute approximate surface area is 107 Å². The molecule has 0 spiro atoms. The van der Waals surface area contributed by atoms with Crippen LogP contribution in [0.25, 0.3) is 0 Å². The van der Waals surface area contributed by atoms with Crippen molar-refractivity contribution in [1.29, 1.82) is 5.26 Å². The van der Waals surface area contributed by atoms with Crippen LogP contribution < -0.4 is 5.73 Å². The van der Waals surface area contributed by atoms with E-state index in [1.165, 1.54) is 6.20 Å². The molecular weight excluding hydrogens is 228 g/mol. The van der Waals surface area contributed by atoms with Crippen LogP contribution in [0.1, 0.15) is 11.4 Å². The Hall–Kier alpha value is -1.71. The highest BCUT2D eigenvalue weighted by Crippen LogP contribution is 2.12. The summed E-state index contributed by atoms with van der Waals surface area (Å²) < 4.78 is 0. The van der Waals surface area contributed by atoms with E-state index in [2.05, 4.69) is 33.9 Å². The lowest BCUT2D eigenvalue weighted by molar-refractivity contribution is 0.113. The van der Waals surface area contributed by atoms with Crippen LogP contribution in [0.4, 0.5) is 5.82 Å². The first-order valence-electron chi connectivity index (χ1n) is 6.00. The van der Waals surface area contributed by atoms with Gasteiger partial charge in [-0.2, -0.15) is 5.26 Å². The number of nitrogens with two attached hydrogens (primary N) is 1. The van der Waals surface area contributed by atoms with E-state index in [4.69, 9.17) is 11.0 Å². The summed E-state index contributed by atoms with van der Waals surface area (Å²) in [4.78, 5) is 13.0. The minimum atomic E-state index is 0.273. The maximum Gasteiger partial charge on any atom is 0.145 e. The molecule has 6 heteroatoms. The van der Waals surface area contributed by atoms with E-state index in [1.54, 1.807) is 0 Å². The molecule has 1 fully saturated rings. The normalized spacial score (nSPS) is 21.7. The zero-order valence-corrected chi connectivity index (χ0v) is 10.8. The predicted molar refractivity (Wildman–Crippen MR) is 68.8 cm³/mol. The predicted octanol–water partition coefficient (Wildman–Crippen LogP) is -0.281. The van der Waals surface area contributed by atoms with E-state index < -0.39 is 0 Å². The largest absolute Gasteiger partial charge is 0.382 e. The van der Waals surface area contributed by atoms with Gasteiger partial charge in [-0.3, -0.25) is 0 Å². The number of aromatic nitrogens is 2. The van der Waals surface area contributed by atoms with Crippen molar-refractivity contribution >= 4 is 5.82 Å². The van der Waals surface area contributed by atoms with Crippen LogP contribution in [0.2, 0.25) is 0 Å². The van der Waals surface area contributed by atoms with Crippen molar-refractivity contribution < 1.29 is 0 Å². The first kappa shape index (κ1) is 12.7.